The van der Waals surface area contributed by atoms with Crippen molar-refractivity contribution in [1.82, 2.24) is 14.7 Å². The lowest BCUT2D eigenvalue weighted by molar-refractivity contribution is -0.384. The molecule has 1 aromatic carbocycles. The van der Waals surface area contributed by atoms with Gasteiger partial charge in [-0.3, -0.25) is 29.5 Å². The van der Waals surface area contributed by atoms with Gasteiger partial charge in [-0.05, 0) is 42.6 Å². The Morgan fingerprint density at radius 2 is 1.80 bits per heavy atom. The zero-order valence-corrected chi connectivity index (χ0v) is 14.6. The predicted octanol–water partition coefficient (Wildman–Crippen LogP) is 1.84. The minimum atomic E-state index is -0.478. The Morgan fingerprint density at radius 3 is 2.40 bits per heavy atom. The zero-order chi connectivity index (χ0) is 18.0. The molecule has 0 atom stereocenters. The van der Waals surface area contributed by atoms with Gasteiger partial charge in [-0.15, -0.1) is 0 Å². The zero-order valence-electron chi connectivity index (χ0n) is 13.8. The molecular weight excluding hydrogens is 344 g/mol. The van der Waals surface area contributed by atoms with Crippen LogP contribution in [0.5, 0.6) is 0 Å². The van der Waals surface area contributed by atoms with Gasteiger partial charge in [0.25, 0.3) is 16.8 Å². The average Bonchev–Trinajstić information content (AvgIpc) is 2.85. The van der Waals surface area contributed by atoms with E-state index in [-0.39, 0.29) is 16.8 Å². The lowest BCUT2D eigenvalue weighted by atomic mass is 10.2. The standard InChI is InChI=1S/C16H18N4O4S/c1-17-6-8-18(9-7-17)11-19-15(21)14(25-16(19)22)10-12-2-4-13(5-3-12)20(23)24/h2-5,10H,6-9,11H2,1H3/b14-10+. The number of nitro benzene ring substituents is 1. The highest BCUT2D eigenvalue weighted by molar-refractivity contribution is 8.18. The van der Waals surface area contributed by atoms with E-state index < -0.39 is 4.92 Å². The first kappa shape index (κ1) is 17.6. The fraction of sp³-hybridized carbons (Fsp3) is 0.375. The highest BCUT2D eigenvalue weighted by atomic mass is 32.2. The van der Waals surface area contributed by atoms with Gasteiger partial charge in [0, 0.05) is 38.3 Å². The molecule has 2 fully saturated rings. The Balaban J connectivity index is 1.68. The number of hydrogen-bond donors (Lipinski definition) is 0. The van der Waals surface area contributed by atoms with Crippen LogP contribution in [0.4, 0.5) is 10.5 Å². The molecule has 0 N–H and O–H groups in total. The summed E-state index contributed by atoms with van der Waals surface area (Å²) in [6, 6.07) is 5.87. The monoisotopic (exact) mass is 362 g/mol. The van der Waals surface area contributed by atoms with Crippen LogP contribution in [0.3, 0.4) is 0 Å². The summed E-state index contributed by atoms with van der Waals surface area (Å²) in [7, 11) is 2.05. The number of carbonyl (C=O) groups excluding carboxylic acids is 2. The molecular formula is C16H18N4O4S. The molecule has 0 spiro atoms. The second-order valence-corrected chi connectivity index (χ2v) is 7.01. The number of thioether (sulfide) groups is 1. The molecule has 0 unspecified atom stereocenters. The Morgan fingerprint density at radius 1 is 1.16 bits per heavy atom. The first-order chi connectivity index (χ1) is 11.9. The molecule has 0 bridgehead atoms. The summed E-state index contributed by atoms with van der Waals surface area (Å²) >= 11 is 0.904. The fourth-order valence-electron chi connectivity index (χ4n) is 2.65. The van der Waals surface area contributed by atoms with Crippen LogP contribution in [0.1, 0.15) is 5.56 Å². The first-order valence-electron chi connectivity index (χ1n) is 7.85. The van der Waals surface area contributed by atoms with Crippen molar-refractivity contribution in [2.45, 2.75) is 0 Å². The van der Waals surface area contributed by atoms with Crippen molar-refractivity contribution in [2.75, 3.05) is 39.9 Å². The molecule has 132 valence electrons. The van der Waals surface area contributed by atoms with Crippen molar-refractivity contribution in [3.05, 3.63) is 44.8 Å². The van der Waals surface area contributed by atoms with Crippen LogP contribution in [0.2, 0.25) is 0 Å². The molecule has 0 aliphatic carbocycles. The van der Waals surface area contributed by atoms with Crippen LogP contribution >= 0.6 is 11.8 Å². The van der Waals surface area contributed by atoms with E-state index in [0.29, 0.717) is 17.1 Å². The van der Waals surface area contributed by atoms with E-state index in [1.54, 1.807) is 18.2 Å². The van der Waals surface area contributed by atoms with Crippen molar-refractivity contribution in [3.63, 3.8) is 0 Å². The molecule has 0 saturated carbocycles. The molecule has 9 heteroatoms. The van der Waals surface area contributed by atoms with E-state index in [0.717, 1.165) is 37.9 Å². The van der Waals surface area contributed by atoms with Crippen molar-refractivity contribution >= 4 is 34.7 Å². The van der Waals surface area contributed by atoms with Gasteiger partial charge in [0.05, 0.1) is 16.5 Å². The van der Waals surface area contributed by atoms with Crippen molar-refractivity contribution in [1.29, 1.82) is 0 Å². The molecule has 0 radical (unpaired) electrons. The molecule has 1 aromatic rings. The lowest BCUT2D eigenvalue weighted by Crippen LogP contribution is -2.49. The van der Waals surface area contributed by atoms with Gasteiger partial charge in [-0.1, -0.05) is 0 Å². The topological polar surface area (TPSA) is 87.0 Å². The van der Waals surface area contributed by atoms with Crippen LogP contribution in [-0.2, 0) is 4.79 Å². The Labute approximate surface area is 149 Å². The highest BCUT2D eigenvalue weighted by Gasteiger charge is 2.36. The van der Waals surface area contributed by atoms with Crippen LogP contribution in [0.25, 0.3) is 6.08 Å². The van der Waals surface area contributed by atoms with Gasteiger partial charge in [0.1, 0.15) is 0 Å². The Bertz CT molecular complexity index is 726. The van der Waals surface area contributed by atoms with E-state index in [1.165, 1.54) is 17.0 Å². The molecule has 0 aromatic heterocycles. The van der Waals surface area contributed by atoms with E-state index in [2.05, 4.69) is 9.80 Å². The third-order valence-electron chi connectivity index (χ3n) is 4.21. The summed E-state index contributed by atoms with van der Waals surface area (Å²) in [5.74, 6) is -0.313. The summed E-state index contributed by atoms with van der Waals surface area (Å²) < 4.78 is 0. The van der Waals surface area contributed by atoms with E-state index in [4.69, 9.17) is 0 Å². The summed E-state index contributed by atoms with van der Waals surface area (Å²) in [4.78, 5) is 40.8. The summed E-state index contributed by atoms with van der Waals surface area (Å²) in [5, 5.41) is 10.4. The number of piperazine rings is 1. The van der Waals surface area contributed by atoms with Gasteiger partial charge >= 0.3 is 0 Å². The second kappa shape index (κ2) is 7.34. The maximum absolute atomic E-state index is 12.5. The lowest BCUT2D eigenvalue weighted by Gasteiger charge is -2.33. The number of non-ortho nitro benzene ring substituents is 1. The third kappa shape index (κ3) is 4.06. The van der Waals surface area contributed by atoms with Crippen molar-refractivity contribution in [2.24, 2.45) is 0 Å². The smallest absolute Gasteiger partial charge is 0.294 e. The number of amides is 2. The van der Waals surface area contributed by atoms with Gasteiger partial charge < -0.3 is 4.90 Å². The quantitative estimate of drug-likeness (QED) is 0.459. The van der Waals surface area contributed by atoms with Gasteiger partial charge in [0.15, 0.2) is 0 Å². The molecule has 3 rings (SSSR count). The number of nitrogens with zero attached hydrogens (tertiary/aromatic N) is 4. The molecule has 25 heavy (non-hydrogen) atoms. The number of rotatable bonds is 4. The van der Waals surface area contributed by atoms with Gasteiger partial charge in [-0.2, -0.15) is 0 Å². The number of benzene rings is 1. The number of hydrogen-bond acceptors (Lipinski definition) is 7. The number of carbonyl (C=O) groups is 2. The average molecular weight is 362 g/mol. The minimum Gasteiger partial charge on any atom is -0.304 e. The molecule has 8 nitrogen and oxygen atoms in total. The SMILES string of the molecule is CN1CCN(CN2C(=O)S/C(=C/c3ccc([N+](=O)[O-])cc3)C2=O)CC1. The minimum absolute atomic E-state index is 0.0136. The summed E-state index contributed by atoms with van der Waals surface area (Å²) in [5.41, 5.74) is 0.635. The molecule has 2 aliphatic rings. The Kier molecular flexibility index (Phi) is 5.16. The normalized spacial score (nSPS) is 21.3. The highest BCUT2D eigenvalue weighted by Crippen LogP contribution is 2.32. The predicted molar refractivity (Wildman–Crippen MR) is 94.8 cm³/mol. The van der Waals surface area contributed by atoms with Crippen molar-refractivity contribution in [3.8, 4) is 0 Å². The Hall–Kier alpha value is -2.23. The van der Waals surface area contributed by atoms with E-state index >= 15 is 0 Å². The summed E-state index contributed by atoms with van der Waals surface area (Å²) in [6.45, 7) is 3.76. The summed E-state index contributed by atoms with van der Waals surface area (Å²) in [6.07, 6.45) is 1.60. The third-order valence-corrected chi connectivity index (χ3v) is 5.12. The van der Waals surface area contributed by atoms with Gasteiger partial charge in [-0.25, -0.2) is 0 Å². The fourth-order valence-corrected chi connectivity index (χ4v) is 3.49. The van der Waals surface area contributed by atoms with Crippen LogP contribution in [0, 0.1) is 10.1 Å². The van der Waals surface area contributed by atoms with Crippen LogP contribution < -0.4 is 0 Å². The van der Waals surface area contributed by atoms with Crippen LogP contribution in [0.15, 0.2) is 29.2 Å². The van der Waals surface area contributed by atoms with E-state index in [9.17, 15) is 19.7 Å². The number of nitro groups is 1. The van der Waals surface area contributed by atoms with Gasteiger partial charge in [0.2, 0.25) is 0 Å². The maximum atomic E-state index is 12.5. The second-order valence-electron chi connectivity index (χ2n) is 6.02. The van der Waals surface area contributed by atoms with Crippen molar-refractivity contribution < 1.29 is 14.5 Å². The largest absolute Gasteiger partial charge is 0.304 e. The first-order valence-corrected chi connectivity index (χ1v) is 8.66. The molecule has 2 amide bonds. The van der Waals surface area contributed by atoms with E-state index in [1.807, 2.05) is 7.05 Å². The molecule has 2 saturated heterocycles. The van der Waals surface area contributed by atoms with Crippen LogP contribution in [-0.4, -0.2) is 70.7 Å². The maximum Gasteiger partial charge on any atom is 0.294 e. The molecule has 2 aliphatic heterocycles. The number of likely N-dealkylation sites (N-methyl/N-ethyl adjacent to an activating group) is 1. The molecule has 2 heterocycles. The number of imide groups is 1.